The Morgan fingerprint density at radius 2 is 1.79 bits per heavy atom. The highest BCUT2D eigenvalue weighted by Gasteiger charge is 2.07. The molecule has 0 atom stereocenters. The summed E-state index contributed by atoms with van der Waals surface area (Å²) in [6.45, 7) is 7.68. The SMILES string of the molecule is CCNC(=O)CCc1ccc(OCC)c(OCC)c1. The third-order valence-electron chi connectivity index (χ3n) is 2.62. The molecular formula is C15H23NO3. The summed E-state index contributed by atoms with van der Waals surface area (Å²) >= 11 is 0. The van der Waals surface area contributed by atoms with Gasteiger partial charge in [0.1, 0.15) is 0 Å². The van der Waals surface area contributed by atoms with Gasteiger partial charge in [0.15, 0.2) is 11.5 Å². The maximum absolute atomic E-state index is 11.4. The normalized spacial score (nSPS) is 10.1. The summed E-state index contributed by atoms with van der Waals surface area (Å²) in [6.07, 6.45) is 1.20. The van der Waals surface area contributed by atoms with Crippen molar-refractivity contribution in [2.24, 2.45) is 0 Å². The van der Waals surface area contributed by atoms with Crippen LogP contribution in [0, 0.1) is 0 Å². The fourth-order valence-electron chi connectivity index (χ4n) is 1.79. The van der Waals surface area contributed by atoms with E-state index < -0.39 is 0 Å². The number of aryl methyl sites for hydroxylation is 1. The molecule has 1 rings (SSSR count). The van der Waals surface area contributed by atoms with Crippen LogP contribution in [-0.2, 0) is 11.2 Å². The molecule has 0 unspecified atom stereocenters. The van der Waals surface area contributed by atoms with Gasteiger partial charge in [-0.05, 0) is 44.9 Å². The Morgan fingerprint density at radius 3 is 2.42 bits per heavy atom. The Bertz CT molecular complexity index is 404. The van der Waals surface area contributed by atoms with Gasteiger partial charge in [-0.3, -0.25) is 4.79 Å². The van der Waals surface area contributed by atoms with Crippen molar-refractivity contribution >= 4 is 5.91 Å². The van der Waals surface area contributed by atoms with Crippen LogP contribution in [0.25, 0.3) is 0 Å². The molecule has 0 aliphatic carbocycles. The van der Waals surface area contributed by atoms with Crippen molar-refractivity contribution in [2.45, 2.75) is 33.6 Å². The lowest BCUT2D eigenvalue weighted by molar-refractivity contribution is -0.120. The van der Waals surface area contributed by atoms with E-state index in [1.165, 1.54) is 0 Å². The molecule has 0 saturated heterocycles. The number of carbonyl (C=O) groups excluding carboxylic acids is 1. The van der Waals surface area contributed by atoms with Gasteiger partial charge in [-0.1, -0.05) is 6.07 Å². The average Bonchev–Trinajstić information content (AvgIpc) is 2.40. The summed E-state index contributed by atoms with van der Waals surface area (Å²) in [7, 11) is 0. The largest absolute Gasteiger partial charge is 0.490 e. The first kappa shape index (κ1) is 15.3. The van der Waals surface area contributed by atoms with E-state index in [1.807, 2.05) is 39.0 Å². The molecule has 0 aliphatic heterocycles. The molecule has 0 saturated carbocycles. The minimum absolute atomic E-state index is 0.0781. The molecule has 1 aromatic rings. The van der Waals surface area contributed by atoms with Crippen LogP contribution in [0.1, 0.15) is 32.8 Å². The average molecular weight is 265 g/mol. The molecule has 1 aromatic carbocycles. The van der Waals surface area contributed by atoms with E-state index in [-0.39, 0.29) is 5.91 Å². The van der Waals surface area contributed by atoms with Crippen LogP contribution in [0.15, 0.2) is 18.2 Å². The van der Waals surface area contributed by atoms with Crippen molar-refractivity contribution < 1.29 is 14.3 Å². The van der Waals surface area contributed by atoms with E-state index in [1.54, 1.807) is 0 Å². The number of hydrogen-bond donors (Lipinski definition) is 1. The Kier molecular flexibility index (Phi) is 6.79. The molecule has 1 amide bonds. The lowest BCUT2D eigenvalue weighted by Gasteiger charge is -2.12. The first-order chi connectivity index (χ1) is 9.21. The van der Waals surface area contributed by atoms with E-state index >= 15 is 0 Å². The number of hydrogen-bond acceptors (Lipinski definition) is 3. The highest BCUT2D eigenvalue weighted by Crippen LogP contribution is 2.28. The van der Waals surface area contributed by atoms with Gasteiger partial charge < -0.3 is 14.8 Å². The van der Waals surface area contributed by atoms with Crippen molar-refractivity contribution in [2.75, 3.05) is 19.8 Å². The molecule has 0 heterocycles. The smallest absolute Gasteiger partial charge is 0.220 e. The van der Waals surface area contributed by atoms with Gasteiger partial charge >= 0.3 is 0 Å². The van der Waals surface area contributed by atoms with Gasteiger partial charge in [0, 0.05) is 13.0 Å². The van der Waals surface area contributed by atoms with E-state index in [0.29, 0.717) is 32.6 Å². The summed E-state index contributed by atoms with van der Waals surface area (Å²) in [4.78, 5) is 11.4. The molecule has 0 radical (unpaired) electrons. The second-order valence-corrected chi connectivity index (χ2v) is 4.10. The molecule has 0 spiro atoms. The Balaban J connectivity index is 2.69. The number of nitrogens with one attached hydrogen (secondary N) is 1. The summed E-state index contributed by atoms with van der Waals surface area (Å²) < 4.78 is 11.1. The predicted molar refractivity (Wildman–Crippen MR) is 75.8 cm³/mol. The molecule has 4 nitrogen and oxygen atoms in total. The fourth-order valence-corrected chi connectivity index (χ4v) is 1.79. The Morgan fingerprint density at radius 1 is 1.11 bits per heavy atom. The van der Waals surface area contributed by atoms with Gasteiger partial charge in [0.2, 0.25) is 5.91 Å². The second kappa shape index (κ2) is 8.40. The van der Waals surface area contributed by atoms with Crippen LogP contribution in [0.2, 0.25) is 0 Å². The zero-order valence-electron chi connectivity index (χ0n) is 12.0. The van der Waals surface area contributed by atoms with Crippen molar-refractivity contribution in [3.05, 3.63) is 23.8 Å². The number of benzene rings is 1. The molecule has 4 heteroatoms. The monoisotopic (exact) mass is 265 g/mol. The molecule has 0 bridgehead atoms. The van der Waals surface area contributed by atoms with Gasteiger partial charge in [-0.2, -0.15) is 0 Å². The highest BCUT2D eigenvalue weighted by molar-refractivity contribution is 5.76. The minimum atomic E-state index is 0.0781. The fraction of sp³-hybridized carbons (Fsp3) is 0.533. The van der Waals surface area contributed by atoms with Gasteiger partial charge in [-0.15, -0.1) is 0 Å². The molecule has 0 fully saturated rings. The van der Waals surface area contributed by atoms with Crippen LogP contribution in [0.5, 0.6) is 11.5 Å². The molecular weight excluding hydrogens is 242 g/mol. The number of ether oxygens (including phenoxy) is 2. The maximum atomic E-state index is 11.4. The van der Waals surface area contributed by atoms with E-state index in [2.05, 4.69) is 5.32 Å². The lowest BCUT2D eigenvalue weighted by Crippen LogP contribution is -2.22. The highest BCUT2D eigenvalue weighted by atomic mass is 16.5. The van der Waals surface area contributed by atoms with Crippen LogP contribution in [0.4, 0.5) is 0 Å². The molecule has 0 aliphatic rings. The predicted octanol–water partition coefficient (Wildman–Crippen LogP) is 2.55. The van der Waals surface area contributed by atoms with E-state index in [9.17, 15) is 4.79 Å². The summed E-state index contributed by atoms with van der Waals surface area (Å²) in [6, 6.07) is 5.84. The van der Waals surface area contributed by atoms with E-state index in [4.69, 9.17) is 9.47 Å². The van der Waals surface area contributed by atoms with Gasteiger partial charge in [-0.25, -0.2) is 0 Å². The van der Waals surface area contributed by atoms with Crippen molar-refractivity contribution in [1.82, 2.24) is 5.32 Å². The van der Waals surface area contributed by atoms with Crippen molar-refractivity contribution in [3.63, 3.8) is 0 Å². The summed E-state index contributed by atoms with van der Waals surface area (Å²) in [5.41, 5.74) is 1.08. The topological polar surface area (TPSA) is 47.6 Å². The lowest BCUT2D eigenvalue weighted by atomic mass is 10.1. The quantitative estimate of drug-likeness (QED) is 0.785. The Hall–Kier alpha value is -1.71. The second-order valence-electron chi connectivity index (χ2n) is 4.10. The third-order valence-corrected chi connectivity index (χ3v) is 2.62. The van der Waals surface area contributed by atoms with Crippen LogP contribution in [0.3, 0.4) is 0 Å². The molecule has 19 heavy (non-hydrogen) atoms. The van der Waals surface area contributed by atoms with Crippen LogP contribution >= 0.6 is 0 Å². The number of rotatable bonds is 8. The van der Waals surface area contributed by atoms with Gasteiger partial charge in [0.25, 0.3) is 0 Å². The van der Waals surface area contributed by atoms with Crippen molar-refractivity contribution in [1.29, 1.82) is 0 Å². The summed E-state index contributed by atoms with van der Waals surface area (Å²) in [5.74, 6) is 1.58. The van der Waals surface area contributed by atoms with Crippen LogP contribution < -0.4 is 14.8 Å². The zero-order chi connectivity index (χ0) is 14.1. The summed E-state index contributed by atoms with van der Waals surface area (Å²) in [5, 5.41) is 2.79. The molecule has 106 valence electrons. The Labute approximate surface area is 115 Å². The standard InChI is InChI=1S/C15H23NO3/c1-4-16-15(17)10-8-12-7-9-13(18-5-2)14(11-12)19-6-3/h7,9,11H,4-6,8,10H2,1-3H3,(H,16,17). The molecule has 0 aromatic heterocycles. The zero-order valence-corrected chi connectivity index (χ0v) is 12.0. The van der Waals surface area contributed by atoms with E-state index in [0.717, 1.165) is 17.1 Å². The van der Waals surface area contributed by atoms with Gasteiger partial charge in [0.05, 0.1) is 13.2 Å². The number of carbonyl (C=O) groups is 1. The number of amides is 1. The van der Waals surface area contributed by atoms with Crippen molar-refractivity contribution in [3.8, 4) is 11.5 Å². The first-order valence-corrected chi connectivity index (χ1v) is 6.86. The van der Waals surface area contributed by atoms with Crippen LogP contribution in [-0.4, -0.2) is 25.7 Å². The molecule has 1 N–H and O–H groups in total. The first-order valence-electron chi connectivity index (χ1n) is 6.86. The minimum Gasteiger partial charge on any atom is -0.490 e. The third kappa shape index (κ3) is 5.20. The maximum Gasteiger partial charge on any atom is 0.220 e.